The molecule has 3 saturated carbocycles. The first-order valence-corrected chi connectivity index (χ1v) is 5.14. The molecule has 11 heavy (non-hydrogen) atoms. The predicted molar refractivity (Wildman–Crippen MR) is 46.1 cm³/mol. The van der Waals surface area contributed by atoms with Crippen molar-refractivity contribution in [1.82, 2.24) is 0 Å². The molecule has 6 unspecified atom stereocenters. The minimum atomic E-state index is 0.863. The Hall–Kier alpha value is 0. The van der Waals surface area contributed by atoms with Crippen LogP contribution in [0.3, 0.4) is 0 Å². The summed E-state index contributed by atoms with van der Waals surface area (Å²) in [6.45, 7) is 7.40. The van der Waals surface area contributed by atoms with E-state index in [0.717, 1.165) is 29.1 Å². The van der Waals surface area contributed by atoms with Crippen molar-refractivity contribution in [2.45, 2.75) is 33.6 Å². The van der Waals surface area contributed by atoms with Crippen LogP contribution in [0.1, 0.15) is 33.6 Å². The number of hydrogen-bond acceptors (Lipinski definition) is 0. The van der Waals surface area contributed by atoms with Gasteiger partial charge in [-0.25, -0.2) is 0 Å². The average Bonchev–Trinajstić information content (AvgIpc) is 2.73. The van der Waals surface area contributed by atoms with Gasteiger partial charge in [-0.3, -0.25) is 0 Å². The van der Waals surface area contributed by atoms with Gasteiger partial charge < -0.3 is 0 Å². The van der Waals surface area contributed by atoms with Gasteiger partial charge in [-0.1, -0.05) is 20.8 Å². The number of hydrogen-bond donors (Lipinski definition) is 0. The molecule has 0 saturated heterocycles. The summed E-state index contributed by atoms with van der Waals surface area (Å²) in [5, 5.41) is 0. The minimum absolute atomic E-state index is 0.863. The first-order chi connectivity index (χ1) is 5.14. The van der Waals surface area contributed by atoms with Crippen molar-refractivity contribution in [2.75, 3.05) is 0 Å². The van der Waals surface area contributed by atoms with E-state index in [4.69, 9.17) is 0 Å². The van der Waals surface area contributed by atoms with Gasteiger partial charge in [0.25, 0.3) is 0 Å². The zero-order valence-corrected chi connectivity index (χ0v) is 7.80. The molecule has 62 valence electrons. The zero-order chi connectivity index (χ0) is 7.80. The summed E-state index contributed by atoms with van der Waals surface area (Å²) in [5.41, 5.74) is 0.863. The Morgan fingerprint density at radius 2 is 2.00 bits per heavy atom. The Labute approximate surface area is 69.4 Å². The number of fused-ring (bicyclic) bond motifs is 1. The van der Waals surface area contributed by atoms with Crippen molar-refractivity contribution >= 4 is 0 Å². The van der Waals surface area contributed by atoms with Crippen LogP contribution < -0.4 is 0 Å². The average molecular weight is 150 g/mol. The molecule has 3 fully saturated rings. The van der Waals surface area contributed by atoms with Gasteiger partial charge in [0, 0.05) is 0 Å². The lowest BCUT2D eigenvalue weighted by Crippen LogP contribution is -2.10. The van der Waals surface area contributed by atoms with Crippen LogP contribution in [0.2, 0.25) is 0 Å². The summed E-state index contributed by atoms with van der Waals surface area (Å²) in [4.78, 5) is 0. The van der Waals surface area contributed by atoms with E-state index < -0.39 is 0 Å². The van der Waals surface area contributed by atoms with E-state index in [1.54, 1.807) is 6.42 Å². The van der Waals surface area contributed by atoms with E-state index in [9.17, 15) is 0 Å². The highest BCUT2D eigenvalue weighted by molar-refractivity contribution is 5.25. The van der Waals surface area contributed by atoms with Crippen molar-refractivity contribution in [3.05, 3.63) is 0 Å². The highest BCUT2D eigenvalue weighted by Gasteiger charge is 2.77. The molecule has 0 heterocycles. The topological polar surface area (TPSA) is 0 Å². The lowest BCUT2D eigenvalue weighted by Gasteiger charge is -2.16. The van der Waals surface area contributed by atoms with Crippen LogP contribution in [0.15, 0.2) is 0 Å². The summed E-state index contributed by atoms with van der Waals surface area (Å²) in [6.07, 6.45) is 3.09. The third-order valence-corrected chi connectivity index (χ3v) is 4.85. The Bertz CT molecular complexity index is 208. The maximum absolute atomic E-state index is 2.50. The molecule has 0 aliphatic heterocycles. The summed E-state index contributed by atoms with van der Waals surface area (Å²) in [6, 6.07) is 0. The molecule has 0 bridgehead atoms. The van der Waals surface area contributed by atoms with Gasteiger partial charge in [0.05, 0.1) is 0 Å². The van der Waals surface area contributed by atoms with Crippen LogP contribution in [-0.2, 0) is 0 Å². The molecule has 0 aromatic rings. The first kappa shape index (κ1) is 6.51. The second kappa shape index (κ2) is 1.53. The van der Waals surface area contributed by atoms with Crippen LogP contribution in [0, 0.1) is 35.0 Å². The van der Waals surface area contributed by atoms with Gasteiger partial charge in [0.2, 0.25) is 0 Å². The molecule has 0 amide bonds. The SMILES string of the molecule is CC1CC1C(C)C1C2CC21C. The lowest BCUT2D eigenvalue weighted by molar-refractivity contribution is 0.323. The summed E-state index contributed by atoms with van der Waals surface area (Å²) in [5.74, 6) is 5.56. The van der Waals surface area contributed by atoms with Crippen molar-refractivity contribution in [2.24, 2.45) is 35.0 Å². The Morgan fingerprint density at radius 1 is 1.45 bits per heavy atom. The lowest BCUT2D eigenvalue weighted by atomic mass is 9.89. The zero-order valence-electron chi connectivity index (χ0n) is 7.80. The molecule has 3 rings (SSSR count). The Balaban J connectivity index is 1.65. The van der Waals surface area contributed by atoms with Crippen molar-refractivity contribution in [1.29, 1.82) is 0 Å². The van der Waals surface area contributed by atoms with Gasteiger partial charge in [-0.2, -0.15) is 0 Å². The fourth-order valence-electron chi connectivity index (χ4n) is 3.53. The van der Waals surface area contributed by atoms with Gasteiger partial charge in [-0.05, 0) is 47.8 Å². The second-order valence-electron chi connectivity index (χ2n) is 5.58. The van der Waals surface area contributed by atoms with Crippen LogP contribution >= 0.6 is 0 Å². The monoisotopic (exact) mass is 150 g/mol. The molecule has 0 nitrogen and oxygen atoms in total. The van der Waals surface area contributed by atoms with Crippen LogP contribution in [-0.4, -0.2) is 0 Å². The van der Waals surface area contributed by atoms with E-state index in [-0.39, 0.29) is 0 Å². The molecule has 3 aliphatic carbocycles. The summed E-state index contributed by atoms with van der Waals surface area (Å²) in [7, 11) is 0. The smallest absolute Gasteiger partial charge is 0.0258 e. The van der Waals surface area contributed by atoms with Crippen molar-refractivity contribution in [3.63, 3.8) is 0 Å². The fourth-order valence-corrected chi connectivity index (χ4v) is 3.53. The van der Waals surface area contributed by atoms with Crippen molar-refractivity contribution in [3.8, 4) is 0 Å². The number of rotatable bonds is 2. The van der Waals surface area contributed by atoms with Gasteiger partial charge in [-0.15, -0.1) is 0 Å². The van der Waals surface area contributed by atoms with E-state index >= 15 is 0 Å². The molecule has 3 aliphatic rings. The van der Waals surface area contributed by atoms with Gasteiger partial charge >= 0.3 is 0 Å². The molecule has 0 aromatic heterocycles. The van der Waals surface area contributed by atoms with E-state index in [1.807, 2.05) is 0 Å². The fraction of sp³-hybridized carbons (Fsp3) is 1.00. The normalized spacial score (nSPS) is 66.8. The third-order valence-electron chi connectivity index (χ3n) is 4.85. The van der Waals surface area contributed by atoms with Crippen LogP contribution in [0.4, 0.5) is 0 Å². The van der Waals surface area contributed by atoms with Crippen LogP contribution in [0.25, 0.3) is 0 Å². The highest BCUT2D eigenvalue weighted by atomic mass is 14.8. The van der Waals surface area contributed by atoms with Gasteiger partial charge in [0.1, 0.15) is 0 Å². The third kappa shape index (κ3) is 0.666. The Kier molecular flexibility index (Phi) is 0.906. The molecular formula is C11H18. The molecule has 0 N–H and O–H groups in total. The van der Waals surface area contributed by atoms with E-state index in [2.05, 4.69) is 20.8 Å². The standard InChI is InChI=1S/C11H18/c1-6-4-8(6)7(2)10-9-5-11(9,10)3/h6-10H,4-5H2,1-3H3. The summed E-state index contributed by atoms with van der Waals surface area (Å²) < 4.78 is 0. The van der Waals surface area contributed by atoms with Crippen LogP contribution in [0.5, 0.6) is 0 Å². The molecular weight excluding hydrogens is 132 g/mol. The quantitative estimate of drug-likeness (QED) is 0.567. The highest BCUT2D eigenvalue weighted by Crippen LogP contribution is 2.83. The molecule has 0 radical (unpaired) electrons. The maximum Gasteiger partial charge on any atom is -0.0258 e. The maximum atomic E-state index is 2.50. The molecule has 0 aromatic carbocycles. The summed E-state index contributed by atoms with van der Waals surface area (Å²) >= 11 is 0. The minimum Gasteiger partial charge on any atom is -0.0622 e. The largest absolute Gasteiger partial charge is 0.0622 e. The predicted octanol–water partition coefficient (Wildman–Crippen LogP) is 2.93. The van der Waals surface area contributed by atoms with Crippen molar-refractivity contribution < 1.29 is 0 Å². The first-order valence-electron chi connectivity index (χ1n) is 5.14. The van der Waals surface area contributed by atoms with E-state index in [0.29, 0.717) is 0 Å². The van der Waals surface area contributed by atoms with E-state index in [1.165, 1.54) is 12.3 Å². The molecule has 6 atom stereocenters. The second-order valence-corrected chi connectivity index (χ2v) is 5.58. The molecule has 0 heteroatoms. The van der Waals surface area contributed by atoms with Gasteiger partial charge in [0.15, 0.2) is 0 Å². The molecule has 0 spiro atoms. The Morgan fingerprint density at radius 3 is 2.27 bits per heavy atom.